The Labute approximate surface area is 167 Å². The largest absolute Gasteiger partial charge is 0.508 e. The Morgan fingerprint density at radius 1 is 0.759 bits per heavy atom. The number of phenols is 2. The summed E-state index contributed by atoms with van der Waals surface area (Å²) in [4.78, 5) is 0. The normalized spacial score (nSPS) is 10.6. The maximum absolute atomic E-state index is 9.74. The summed E-state index contributed by atoms with van der Waals surface area (Å²) in [7, 11) is 0. The number of hydrogen-bond acceptors (Lipinski definition) is 6. The van der Waals surface area contributed by atoms with Crippen molar-refractivity contribution < 1.29 is 10.2 Å². The van der Waals surface area contributed by atoms with Crippen LogP contribution in [0, 0.1) is 11.3 Å². The lowest BCUT2D eigenvalue weighted by Crippen LogP contribution is -2.33. The zero-order valence-corrected chi connectivity index (χ0v) is 15.3. The first-order valence-electron chi connectivity index (χ1n) is 8.88. The highest BCUT2D eigenvalue weighted by atomic mass is 16.3. The Morgan fingerprint density at radius 2 is 1.24 bits per heavy atom. The average Bonchev–Trinajstić information content (AvgIpc) is 3.28. The number of rotatable bonds is 5. The van der Waals surface area contributed by atoms with Crippen LogP contribution in [0.5, 0.6) is 11.5 Å². The van der Waals surface area contributed by atoms with Crippen molar-refractivity contribution in [2.24, 2.45) is 0 Å². The van der Waals surface area contributed by atoms with Crippen LogP contribution in [0.1, 0.15) is 22.7 Å². The van der Waals surface area contributed by atoms with E-state index in [1.807, 2.05) is 41.4 Å². The summed E-state index contributed by atoms with van der Waals surface area (Å²) >= 11 is 0. The highest BCUT2D eigenvalue weighted by Gasteiger charge is 2.25. The molecule has 142 valence electrons. The summed E-state index contributed by atoms with van der Waals surface area (Å²) in [6.07, 6.45) is 3.18. The van der Waals surface area contributed by atoms with Crippen molar-refractivity contribution in [2.75, 3.05) is 5.01 Å². The molecule has 2 N–H and O–H groups in total. The van der Waals surface area contributed by atoms with Crippen LogP contribution < -0.4 is 5.01 Å². The summed E-state index contributed by atoms with van der Waals surface area (Å²) < 4.78 is 1.76. The molecule has 3 aromatic carbocycles. The maximum Gasteiger partial charge on any atom is 0.139 e. The molecule has 0 amide bonds. The molecule has 0 bridgehead atoms. The third kappa shape index (κ3) is 3.73. The predicted molar refractivity (Wildman–Crippen MR) is 107 cm³/mol. The minimum atomic E-state index is -0.319. The van der Waals surface area contributed by atoms with Gasteiger partial charge < -0.3 is 10.2 Å². The number of nitrogens with zero attached hydrogens (tertiary/aromatic N) is 5. The molecule has 1 heterocycles. The number of aromatic hydroxyl groups is 2. The van der Waals surface area contributed by atoms with E-state index in [-0.39, 0.29) is 17.5 Å². The molecule has 0 radical (unpaired) electrons. The number of phenolic OH excluding ortho intramolecular Hbond substituents is 2. The van der Waals surface area contributed by atoms with Crippen LogP contribution in [0.15, 0.2) is 85.5 Å². The minimum Gasteiger partial charge on any atom is -0.508 e. The molecule has 7 nitrogen and oxygen atoms in total. The van der Waals surface area contributed by atoms with Crippen LogP contribution in [0.25, 0.3) is 0 Å². The predicted octanol–water partition coefficient (Wildman–Crippen LogP) is 3.62. The maximum atomic E-state index is 9.74. The lowest BCUT2D eigenvalue weighted by molar-refractivity contribution is 0.474. The lowest BCUT2D eigenvalue weighted by atomic mass is 9.97. The van der Waals surface area contributed by atoms with Crippen LogP contribution in [0.2, 0.25) is 0 Å². The fourth-order valence-electron chi connectivity index (χ4n) is 3.20. The van der Waals surface area contributed by atoms with Crippen molar-refractivity contribution in [3.05, 3.63) is 102 Å². The highest BCUT2D eigenvalue weighted by Crippen LogP contribution is 2.35. The Balaban J connectivity index is 1.91. The summed E-state index contributed by atoms with van der Waals surface area (Å²) in [6.45, 7) is 0. The number of anilines is 1. The van der Waals surface area contributed by atoms with Gasteiger partial charge in [0.2, 0.25) is 0 Å². The van der Waals surface area contributed by atoms with Gasteiger partial charge in [0.15, 0.2) is 0 Å². The van der Waals surface area contributed by atoms with E-state index in [1.165, 1.54) is 0 Å². The minimum absolute atomic E-state index is 0.174. The standard InChI is InChI=1S/C22H17N5O2/c23-13-16-1-7-19(8-2-16)27(26-14-24-25-15-26)22(17-3-9-20(28)10-4-17)18-5-11-21(29)12-6-18/h1-12,14-15,22,28-29H. The fraction of sp³-hybridized carbons (Fsp3) is 0.0455. The summed E-state index contributed by atoms with van der Waals surface area (Å²) in [5, 5.41) is 38.5. The third-order valence-electron chi connectivity index (χ3n) is 4.58. The average molecular weight is 383 g/mol. The van der Waals surface area contributed by atoms with Crippen molar-refractivity contribution in [2.45, 2.75) is 6.04 Å². The van der Waals surface area contributed by atoms with Crippen molar-refractivity contribution in [3.63, 3.8) is 0 Å². The number of hydrogen-bond donors (Lipinski definition) is 2. The molecule has 4 rings (SSSR count). The van der Waals surface area contributed by atoms with Gasteiger partial charge in [-0.1, -0.05) is 24.3 Å². The van der Waals surface area contributed by atoms with Gasteiger partial charge in [0.1, 0.15) is 30.2 Å². The monoisotopic (exact) mass is 383 g/mol. The van der Waals surface area contributed by atoms with Crippen molar-refractivity contribution in [1.29, 1.82) is 5.26 Å². The molecule has 0 aliphatic carbocycles. The van der Waals surface area contributed by atoms with Gasteiger partial charge in [0, 0.05) is 0 Å². The molecule has 0 saturated heterocycles. The third-order valence-corrected chi connectivity index (χ3v) is 4.58. The summed E-state index contributed by atoms with van der Waals surface area (Å²) in [6, 6.07) is 22.9. The van der Waals surface area contributed by atoms with E-state index < -0.39 is 0 Å². The summed E-state index contributed by atoms with van der Waals surface area (Å²) in [5.41, 5.74) is 3.19. The van der Waals surface area contributed by atoms with Crippen molar-refractivity contribution in [3.8, 4) is 17.6 Å². The first-order valence-corrected chi connectivity index (χ1v) is 8.88. The second kappa shape index (κ2) is 7.74. The van der Waals surface area contributed by atoms with Gasteiger partial charge in [-0.2, -0.15) is 5.26 Å². The Morgan fingerprint density at radius 3 is 1.69 bits per heavy atom. The van der Waals surface area contributed by atoms with Crippen LogP contribution in [0.3, 0.4) is 0 Å². The summed E-state index contributed by atoms with van der Waals surface area (Å²) in [5.74, 6) is 0.347. The van der Waals surface area contributed by atoms with Crippen molar-refractivity contribution in [1.82, 2.24) is 14.9 Å². The molecule has 29 heavy (non-hydrogen) atoms. The van der Waals surface area contributed by atoms with Gasteiger partial charge in [0.05, 0.1) is 17.3 Å². The van der Waals surface area contributed by atoms with Crippen LogP contribution in [-0.4, -0.2) is 25.1 Å². The lowest BCUT2D eigenvalue weighted by Gasteiger charge is -2.34. The van der Waals surface area contributed by atoms with Gasteiger partial charge in [-0.05, 0) is 59.7 Å². The molecule has 0 atom stereocenters. The van der Waals surface area contributed by atoms with E-state index in [4.69, 9.17) is 5.26 Å². The molecule has 0 saturated carbocycles. The molecule has 0 unspecified atom stereocenters. The van der Waals surface area contributed by atoms with Gasteiger partial charge in [-0.25, -0.2) is 4.68 Å². The van der Waals surface area contributed by atoms with E-state index in [0.717, 1.165) is 16.8 Å². The second-order valence-corrected chi connectivity index (χ2v) is 6.43. The SMILES string of the molecule is N#Cc1ccc(N(C(c2ccc(O)cc2)c2ccc(O)cc2)n2cnnc2)cc1. The molecular formula is C22H17N5O2. The number of benzene rings is 3. The van der Waals surface area contributed by atoms with Crippen LogP contribution in [-0.2, 0) is 0 Å². The Bertz CT molecular complexity index is 1070. The molecule has 0 fully saturated rings. The highest BCUT2D eigenvalue weighted by molar-refractivity contribution is 5.54. The zero-order valence-electron chi connectivity index (χ0n) is 15.3. The number of nitriles is 1. The van der Waals surface area contributed by atoms with Crippen LogP contribution >= 0.6 is 0 Å². The van der Waals surface area contributed by atoms with E-state index in [0.29, 0.717) is 5.56 Å². The van der Waals surface area contributed by atoms with Gasteiger partial charge in [-0.15, -0.1) is 10.2 Å². The Hall–Kier alpha value is -4.31. The first kappa shape index (κ1) is 18.1. The topological polar surface area (TPSA) is 98.2 Å². The van der Waals surface area contributed by atoms with E-state index >= 15 is 0 Å². The molecule has 0 spiro atoms. The van der Waals surface area contributed by atoms with Gasteiger partial charge in [-0.3, -0.25) is 5.01 Å². The fourth-order valence-corrected chi connectivity index (χ4v) is 3.20. The molecule has 7 heteroatoms. The first-order chi connectivity index (χ1) is 14.2. The molecule has 0 aliphatic rings. The van der Waals surface area contributed by atoms with E-state index in [1.54, 1.807) is 53.7 Å². The van der Waals surface area contributed by atoms with E-state index in [2.05, 4.69) is 16.3 Å². The molecule has 4 aromatic rings. The van der Waals surface area contributed by atoms with Crippen LogP contribution in [0.4, 0.5) is 5.69 Å². The van der Waals surface area contributed by atoms with E-state index in [9.17, 15) is 10.2 Å². The molecule has 0 aliphatic heterocycles. The molecule has 1 aromatic heterocycles. The van der Waals surface area contributed by atoms with Crippen molar-refractivity contribution >= 4 is 5.69 Å². The molecular weight excluding hydrogens is 366 g/mol. The van der Waals surface area contributed by atoms with Gasteiger partial charge >= 0.3 is 0 Å². The zero-order chi connectivity index (χ0) is 20.2. The smallest absolute Gasteiger partial charge is 0.139 e. The second-order valence-electron chi connectivity index (χ2n) is 6.43. The Kier molecular flexibility index (Phi) is 4.82. The number of aromatic nitrogens is 3. The van der Waals surface area contributed by atoms with Gasteiger partial charge in [0.25, 0.3) is 0 Å². The quantitative estimate of drug-likeness (QED) is 0.546.